The first-order valence-electron chi connectivity index (χ1n) is 6.77. The van der Waals surface area contributed by atoms with Crippen molar-refractivity contribution in [3.05, 3.63) is 82.4 Å². The summed E-state index contributed by atoms with van der Waals surface area (Å²) in [5, 5.41) is 4.48. The van der Waals surface area contributed by atoms with E-state index in [4.69, 9.17) is 0 Å². The molecule has 0 spiro atoms. The Morgan fingerprint density at radius 2 is 1.90 bits per heavy atom. The lowest BCUT2D eigenvalue weighted by Gasteiger charge is -2.08. The van der Waals surface area contributed by atoms with Crippen LogP contribution >= 0.6 is 0 Å². The smallest absolute Gasteiger partial charge is 0.267 e. The van der Waals surface area contributed by atoms with E-state index >= 15 is 0 Å². The van der Waals surface area contributed by atoms with Crippen LogP contribution in [0.25, 0.3) is 11.3 Å². The molecule has 0 atom stereocenters. The zero-order chi connectivity index (χ0) is 14.7. The molecule has 0 saturated carbocycles. The van der Waals surface area contributed by atoms with Crippen molar-refractivity contribution in [2.24, 2.45) is 0 Å². The van der Waals surface area contributed by atoms with Crippen LogP contribution in [-0.2, 0) is 6.54 Å². The van der Waals surface area contributed by atoms with Crippen LogP contribution in [0, 0.1) is 6.92 Å². The molecule has 1 aromatic carbocycles. The Bertz CT molecular complexity index is 810. The minimum atomic E-state index is -0.115. The van der Waals surface area contributed by atoms with Crippen LogP contribution in [0.4, 0.5) is 0 Å². The van der Waals surface area contributed by atoms with E-state index in [9.17, 15) is 4.79 Å². The van der Waals surface area contributed by atoms with E-state index < -0.39 is 0 Å². The molecule has 0 unspecified atom stereocenters. The normalized spacial score (nSPS) is 10.5. The molecule has 104 valence electrons. The molecule has 0 saturated heterocycles. The summed E-state index contributed by atoms with van der Waals surface area (Å²) in [5.41, 5.74) is 3.82. The Kier molecular flexibility index (Phi) is 3.60. The number of pyridine rings is 1. The molecule has 0 radical (unpaired) electrons. The Hall–Kier alpha value is -2.75. The maximum Gasteiger partial charge on any atom is 0.267 e. The minimum absolute atomic E-state index is 0.115. The van der Waals surface area contributed by atoms with Gasteiger partial charge in [0.15, 0.2) is 0 Å². The highest BCUT2D eigenvalue weighted by atomic mass is 16.1. The van der Waals surface area contributed by atoms with Crippen molar-refractivity contribution in [3.8, 4) is 11.3 Å². The Labute approximate surface area is 122 Å². The van der Waals surface area contributed by atoms with Crippen LogP contribution in [0.1, 0.15) is 11.1 Å². The fraction of sp³-hybridized carbons (Fsp3) is 0.118. The highest BCUT2D eigenvalue weighted by molar-refractivity contribution is 5.62. The highest BCUT2D eigenvalue weighted by Crippen LogP contribution is 2.19. The SMILES string of the molecule is Cc1ccccc1-c1ccc(=O)n(Cc2cccnc2)n1. The zero-order valence-corrected chi connectivity index (χ0v) is 11.7. The summed E-state index contributed by atoms with van der Waals surface area (Å²) in [7, 11) is 0. The lowest BCUT2D eigenvalue weighted by molar-refractivity contribution is 0.641. The molecule has 2 heterocycles. The second-order valence-electron chi connectivity index (χ2n) is 4.89. The van der Waals surface area contributed by atoms with Crippen LogP contribution in [0.15, 0.2) is 65.7 Å². The van der Waals surface area contributed by atoms with Gasteiger partial charge in [0.1, 0.15) is 0 Å². The van der Waals surface area contributed by atoms with Gasteiger partial charge in [-0.25, -0.2) is 4.68 Å². The molecule has 0 aliphatic heterocycles. The van der Waals surface area contributed by atoms with Crippen molar-refractivity contribution in [2.75, 3.05) is 0 Å². The molecule has 21 heavy (non-hydrogen) atoms. The minimum Gasteiger partial charge on any atom is -0.268 e. The lowest BCUT2D eigenvalue weighted by Crippen LogP contribution is -2.22. The number of aromatic nitrogens is 3. The first-order chi connectivity index (χ1) is 10.2. The van der Waals surface area contributed by atoms with Gasteiger partial charge in [0.25, 0.3) is 5.56 Å². The molecule has 0 fully saturated rings. The van der Waals surface area contributed by atoms with E-state index in [0.717, 1.165) is 22.4 Å². The maximum absolute atomic E-state index is 12.0. The van der Waals surface area contributed by atoms with E-state index in [1.54, 1.807) is 24.5 Å². The molecule has 0 amide bonds. The van der Waals surface area contributed by atoms with E-state index in [1.807, 2.05) is 43.3 Å². The molecule has 0 aliphatic rings. The van der Waals surface area contributed by atoms with E-state index in [2.05, 4.69) is 10.1 Å². The first-order valence-corrected chi connectivity index (χ1v) is 6.77. The number of benzene rings is 1. The first kappa shape index (κ1) is 13.2. The Balaban J connectivity index is 2.01. The van der Waals surface area contributed by atoms with Gasteiger partial charge >= 0.3 is 0 Å². The van der Waals surface area contributed by atoms with Gasteiger partial charge in [-0.1, -0.05) is 30.3 Å². The topological polar surface area (TPSA) is 47.8 Å². The number of nitrogens with zero attached hydrogens (tertiary/aromatic N) is 3. The summed E-state index contributed by atoms with van der Waals surface area (Å²) >= 11 is 0. The Morgan fingerprint density at radius 3 is 2.67 bits per heavy atom. The lowest BCUT2D eigenvalue weighted by atomic mass is 10.1. The predicted molar refractivity (Wildman–Crippen MR) is 82.0 cm³/mol. The van der Waals surface area contributed by atoms with Gasteiger partial charge in [-0.05, 0) is 30.2 Å². The summed E-state index contributed by atoms with van der Waals surface area (Å²) in [5.74, 6) is 0. The molecule has 2 aromatic heterocycles. The van der Waals surface area contributed by atoms with Gasteiger partial charge in [-0.3, -0.25) is 9.78 Å². The molecular weight excluding hydrogens is 262 g/mol. The molecule has 0 N–H and O–H groups in total. The largest absolute Gasteiger partial charge is 0.268 e. The molecule has 4 nitrogen and oxygen atoms in total. The van der Waals surface area contributed by atoms with Crippen molar-refractivity contribution < 1.29 is 0 Å². The standard InChI is InChI=1S/C17H15N3O/c1-13-5-2-3-7-15(13)16-8-9-17(21)20(19-16)12-14-6-4-10-18-11-14/h2-11H,12H2,1H3. The highest BCUT2D eigenvalue weighted by Gasteiger charge is 2.06. The fourth-order valence-electron chi connectivity index (χ4n) is 2.23. The molecule has 3 aromatic rings. The van der Waals surface area contributed by atoms with E-state index in [1.165, 1.54) is 4.68 Å². The van der Waals surface area contributed by atoms with Gasteiger partial charge < -0.3 is 0 Å². The number of hydrogen-bond donors (Lipinski definition) is 0. The Morgan fingerprint density at radius 1 is 1.05 bits per heavy atom. The summed E-state index contributed by atoms with van der Waals surface area (Å²) in [6.07, 6.45) is 3.46. The monoisotopic (exact) mass is 277 g/mol. The van der Waals surface area contributed by atoms with E-state index in [0.29, 0.717) is 6.54 Å². The number of aryl methyl sites for hydroxylation is 1. The average Bonchev–Trinajstić information content (AvgIpc) is 2.51. The van der Waals surface area contributed by atoms with Gasteiger partial charge in [0.2, 0.25) is 0 Å². The molecule has 0 aliphatic carbocycles. The van der Waals surface area contributed by atoms with Crippen molar-refractivity contribution in [1.29, 1.82) is 0 Å². The third-order valence-electron chi connectivity index (χ3n) is 3.34. The van der Waals surface area contributed by atoms with Gasteiger partial charge in [0, 0.05) is 24.0 Å². The van der Waals surface area contributed by atoms with Crippen molar-refractivity contribution >= 4 is 0 Å². The fourth-order valence-corrected chi connectivity index (χ4v) is 2.23. The predicted octanol–water partition coefficient (Wildman–Crippen LogP) is 2.66. The van der Waals surface area contributed by atoms with Crippen LogP contribution in [-0.4, -0.2) is 14.8 Å². The van der Waals surface area contributed by atoms with Gasteiger partial charge in [0.05, 0.1) is 12.2 Å². The van der Waals surface area contributed by atoms with Crippen molar-refractivity contribution in [2.45, 2.75) is 13.5 Å². The molecule has 3 rings (SSSR count). The van der Waals surface area contributed by atoms with Gasteiger partial charge in [-0.15, -0.1) is 0 Å². The zero-order valence-electron chi connectivity index (χ0n) is 11.7. The average molecular weight is 277 g/mol. The number of rotatable bonds is 3. The summed E-state index contributed by atoms with van der Waals surface area (Å²) in [6.45, 7) is 2.46. The van der Waals surface area contributed by atoms with Crippen LogP contribution in [0.3, 0.4) is 0 Å². The van der Waals surface area contributed by atoms with E-state index in [-0.39, 0.29) is 5.56 Å². The second-order valence-corrected chi connectivity index (χ2v) is 4.89. The van der Waals surface area contributed by atoms with Crippen molar-refractivity contribution in [1.82, 2.24) is 14.8 Å². The van der Waals surface area contributed by atoms with Crippen molar-refractivity contribution in [3.63, 3.8) is 0 Å². The third kappa shape index (κ3) is 2.89. The van der Waals surface area contributed by atoms with Crippen LogP contribution in [0.2, 0.25) is 0 Å². The molecule has 4 heteroatoms. The second kappa shape index (κ2) is 5.71. The summed E-state index contributed by atoms with van der Waals surface area (Å²) < 4.78 is 1.47. The molecular formula is C17H15N3O. The summed E-state index contributed by atoms with van der Waals surface area (Å²) in [6, 6.07) is 15.1. The molecule has 0 bridgehead atoms. The quantitative estimate of drug-likeness (QED) is 0.739. The maximum atomic E-state index is 12.0. The van der Waals surface area contributed by atoms with Crippen LogP contribution in [0.5, 0.6) is 0 Å². The van der Waals surface area contributed by atoms with Gasteiger partial charge in [-0.2, -0.15) is 5.10 Å². The summed E-state index contributed by atoms with van der Waals surface area (Å²) in [4.78, 5) is 16.0. The van der Waals surface area contributed by atoms with Crippen LogP contribution < -0.4 is 5.56 Å². The third-order valence-corrected chi connectivity index (χ3v) is 3.34. The number of hydrogen-bond acceptors (Lipinski definition) is 3.